The molecule has 3 rings (SSSR count). The van der Waals surface area contributed by atoms with E-state index in [4.69, 9.17) is 19.1 Å². The van der Waals surface area contributed by atoms with Gasteiger partial charge in [0.25, 0.3) is 5.89 Å². The summed E-state index contributed by atoms with van der Waals surface area (Å²) in [6.45, 7) is 7.31. The van der Waals surface area contributed by atoms with E-state index in [1.54, 1.807) is 6.07 Å². The summed E-state index contributed by atoms with van der Waals surface area (Å²) >= 11 is 0. The molecule has 0 radical (unpaired) electrons. The van der Waals surface area contributed by atoms with Gasteiger partial charge in [0.05, 0.1) is 7.11 Å². The lowest BCUT2D eigenvalue weighted by molar-refractivity contribution is -0.124. The summed E-state index contributed by atoms with van der Waals surface area (Å²) in [4.78, 5) is 20.3. The fraction of sp³-hybridized carbons (Fsp3) is 0.440. The predicted molar refractivity (Wildman–Crippen MR) is 129 cm³/mol. The van der Waals surface area contributed by atoms with Crippen molar-refractivity contribution in [3.8, 4) is 34.3 Å². The van der Waals surface area contributed by atoms with E-state index in [0.717, 1.165) is 28.9 Å². The number of hydrogen-bond acceptors (Lipinski definition) is 9. The average molecular weight is 485 g/mol. The summed E-state index contributed by atoms with van der Waals surface area (Å²) in [5.41, 5.74) is 4.11. The van der Waals surface area contributed by atoms with Gasteiger partial charge in [-0.3, -0.25) is 9.78 Å². The number of aliphatic hydroxyl groups is 2. The number of amides is 1. The van der Waals surface area contributed by atoms with Crippen molar-refractivity contribution >= 4 is 5.91 Å². The van der Waals surface area contributed by atoms with Crippen molar-refractivity contribution in [2.24, 2.45) is 5.92 Å². The molecule has 0 spiro atoms. The van der Waals surface area contributed by atoms with Crippen LogP contribution in [0.25, 0.3) is 22.8 Å². The zero-order chi connectivity index (χ0) is 25.5. The zero-order valence-electron chi connectivity index (χ0n) is 20.7. The first-order valence-corrected chi connectivity index (χ1v) is 11.4. The quantitative estimate of drug-likeness (QED) is 0.374. The SMILES string of the molecule is COc1cc(-c2noc(-c3cc(C)nc(CC(C)C)c3)n2)cc(C)c1OC[C@@H](O)CNC(=O)CO. The highest BCUT2D eigenvalue weighted by molar-refractivity contribution is 5.76. The lowest BCUT2D eigenvalue weighted by Gasteiger charge is -2.17. The number of rotatable bonds is 11. The normalized spacial score (nSPS) is 12.0. The van der Waals surface area contributed by atoms with Gasteiger partial charge in [0, 0.05) is 29.1 Å². The molecule has 3 aromatic rings. The van der Waals surface area contributed by atoms with Gasteiger partial charge in [0.2, 0.25) is 11.7 Å². The summed E-state index contributed by atoms with van der Waals surface area (Å²) in [5, 5.41) is 25.3. The second kappa shape index (κ2) is 11.8. The molecule has 10 heteroatoms. The highest BCUT2D eigenvalue weighted by atomic mass is 16.5. The topological polar surface area (TPSA) is 140 Å². The van der Waals surface area contributed by atoms with Crippen LogP contribution in [0.3, 0.4) is 0 Å². The highest BCUT2D eigenvalue weighted by Crippen LogP contribution is 2.36. The van der Waals surface area contributed by atoms with Gasteiger partial charge in [-0.1, -0.05) is 19.0 Å². The van der Waals surface area contributed by atoms with Crippen molar-refractivity contribution in [3.63, 3.8) is 0 Å². The Kier molecular flexibility index (Phi) is 8.78. The molecule has 0 saturated heterocycles. The number of aromatic nitrogens is 3. The maximum atomic E-state index is 11.1. The van der Waals surface area contributed by atoms with Crippen molar-refractivity contribution < 1.29 is 29.0 Å². The standard InChI is InChI=1S/C25H32N4O6/c1-14(2)6-19-9-18(8-16(4)27-19)25-28-24(29-35-25)17-7-15(3)23(21(10-17)33-5)34-13-20(31)11-26-22(32)12-30/h7-10,14,20,30-31H,6,11-13H2,1-5H3,(H,26,32)/t20-/m0/s1. The Balaban J connectivity index is 1.79. The molecule has 3 N–H and O–H groups in total. The molecule has 0 aliphatic carbocycles. The molecule has 2 aromatic heterocycles. The van der Waals surface area contributed by atoms with Gasteiger partial charge < -0.3 is 29.5 Å². The lowest BCUT2D eigenvalue weighted by atomic mass is 10.1. The molecule has 0 bridgehead atoms. The number of methoxy groups -OCH3 is 1. The van der Waals surface area contributed by atoms with Crippen LogP contribution in [0.15, 0.2) is 28.8 Å². The number of hydrogen-bond donors (Lipinski definition) is 3. The molecule has 1 aromatic carbocycles. The summed E-state index contributed by atoms with van der Waals surface area (Å²) in [6.07, 6.45) is -0.103. The molecule has 0 fully saturated rings. The lowest BCUT2D eigenvalue weighted by Crippen LogP contribution is -2.36. The highest BCUT2D eigenvalue weighted by Gasteiger charge is 2.18. The second-order valence-corrected chi connectivity index (χ2v) is 8.76. The Morgan fingerprint density at radius 2 is 1.91 bits per heavy atom. The zero-order valence-corrected chi connectivity index (χ0v) is 20.7. The molecular weight excluding hydrogens is 452 g/mol. The first-order chi connectivity index (χ1) is 16.7. The number of nitrogens with zero attached hydrogens (tertiary/aromatic N) is 3. The van der Waals surface area contributed by atoms with Gasteiger partial charge in [-0.15, -0.1) is 0 Å². The van der Waals surface area contributed by atoms with Crippen LogP contribution in [-0.2, 0) is 11.2 Å². The minimum Gasteiger partial charge on any atom is -0.493 e. The Labute approximate surface area is 204 Å². The summed E-state index contributed by atoms with van der Waals surface area (Å²) in [6, 6.07) is 7.47. The molecule has 0 saturated carbocycles. The molecule has 10 nitrogen and oxygen atoms in total. The molecule has 2 heterocycles. The van der Waals surface area contributed by atoms with E-state index in [1.165, 1.54) is 7.11 Å². The molecular formula is C25H32N4O6. The predicted octanol–water partition coefficient (Wildman–Crippen LogP) is 2.47. The van der Waals surface area contributed by atoms with E-state index in [0.29, 0.717) is 34.7 Å². The van der Waals surface area contributed by atoms with Gasteiger partial charge >= 0.3 is 0 Å². The first kappa shape index (κ1) is 26.1. The van der Waals surface area contributed by atoms with Crippen molar-refractivity contribution in [2.75, 3.05) is 26.9 Å². The van der Waals surface area contributed by atoms with Crippen molar-refractivity contribution in [2.45, 2.75) is 40.2 Å². The van der Waals surface area contributed by atoms with Gasteiger partial charge in [-0.2, -0.15) is 4.98 Å². The smallest absolute Gasteiger partial charge is 0.258 e. The molecule has 35 heavy (non-hydrogen) atoms. The van der Waals surface area contributed by atoms with E-state index in [-0.39, 0.29) is 13.2 Å². The van der Waals surface area contributed by atoms with Crippen LogP contribution in [0.1, 0.15) is 30.8 Å². The fourth-order valence-electron chi connectivity index (χ4n) is 3.57. The minimum atomic E-state index is -0.960. The first-order valence-electron chi connectivity index (χ1n) is 11.4. The number of pyridine rings is 1. The fourth-order valence-corrected chi connectivity index (χ4v) is 3.57. The van der Waals surface area contributed by atoms with Crippen LogP contribution < -0.4 is 14.8 Å². The third-order valence-corrected chi connectivity index (χ3v) is 5.11. The largest absolute Gasteiger partial charge is 0.493 e. The van der Waals surface area contributed by atoms with E-state index < -0.39 is 18.6 Å². The number of ether oxygens (including phenoxy) is 2. The van der Waals surface area contributed by atoms with Gasteiger partial charge in [0.15, 0.2) is 11.5 Å². The van der Waals surface area contributed by atoms with E-state index in [1.807, 2.05) is 32.0 Å². The number of aryl methyl sites for hydroxylation is 2. The third-order valence-electron chi connectivity index (χ3n) is 5.11. The molecule has 0 aliphatic heterocycles. The number of benzene rings is 1. The Bertz CT molecular complexity index is 1160. The molecule has 1 atom stereocenters. The van der Waals surface area contributed by atoms with Crippen LogP contribution in [0.4, 0.5) is 0 Å². The van der Waals surface area contributed by atoms with Gasteiger partial charge in [0.1, 0.15) is 19.3 Å². The number of nitrogens with one attached hydrogen (secondary N) is 1. The van der Waals surface area contributed by atoms with Crippen molar-refractivity contribution in [1.82, 2.24) is 20.4 Å². The van der Waals surface area contributed by atoms with E-state index in [9.17, 15) is 9.90 Å². The number of aliphatic hydroxyl groups excluding tert-OH is 2. The second-order valence-electron chi connectivity index (χ2n) is 8.76. The van der Waals surface area contributed by atoms with Crippen LogP contribution in [0, 0.1) is 19.8 Å². The monoisotopic (exact) mass is 484 g/mol. The molecule has 0 unspecified atom stereocenters. The maximum absolute atomic E-state index is 11.1. The summed E-state index contributed by atoms with van der Waals surface area (Å²) < 4.78 is 16.8. The Hall–Kier alpha value is -3.50. The maximum Gasteiger partial charge on any atom is 0.258 e. The Morgan fingerprint density at radius 1 is 1.14 bits per heavy atom. The van der Waals surface area contributed by atoms with E-state index >= 15 is 0 Å². The molecule has 0 aliphatic rings. The van der Waals surface area contributed by atoms with Crippen LogP contribution in [0.2, 0.25) is 0 Å². The summed E-state index contributed by atoms with van der Waals surface area (Å²) in [5.74, 6) is 1.61. The number of carbonyl (C=O) groups excluding carboxylic acids is 1. The Morgan fingerprint density at radius 3 is 2.60 bits per heavy atom. The van der Waals surface area contributed by atoms with E-state index in [2.05, 4.69) is 34.3 Å². The van der Waals surface area contributed by atoms with Crippen LogP contribution in [0.5, 0.6) is 11.5 Å². The summed E-state index contributed by atoms with van der Waals surface area (Å²) in [7, 11) is 1.51. The third kappa shape index (κ3) is 7.00. The minimum absolute atomic E-state index is 0.0438. The number of carbonyl (C=O) groups is 1. The van der Waals surface area contributed by atoms with Crippen molar-refractivity contribution in [1.29, 1.82) is 0 Å². The van der Waals surface area contributed by atoms with Crippen LogP contribution >= 0.6 is 0 Å². The van der Waals surface area contributed by atoms with Crippen molar-refractivity contribution in [3.05, 3.63) is 41.2 Å². The van der Waals surface area contributed by atoms with Crippen LogP contribution in [-0.4, -0.2) is 64.2 Å². The average Bonchev–Trinajstić information content (AvgIpc) is 3.31. The molecule has 188 valence electrons. The van der Waals surface area contributed by atoms with Gasteiger partial charge in [-0.25, -0.2) is 0 Å². The van der Waals surface area contributed by atoms with Gasteiger partial charge in [-0.05, 0) is 56.0 Å². The molecule has 1 amide bonds.